The van der Waals surface area contributed by atoms with Gasteiger partial charge in [-0.3, -0.25) is 0 Å². The van der Waals surface area contributed by atoms with Crippen molar-refractivity contribution in [2.45, 2.75) is 6.92 Å². The first-order valence-electron chi connectivity index (χ1n) is 5.21. The van der Waals surface area contributed by atoms with Gasteiger partial charge < -0.3 is 5.84 Å². The van der Waals surface area contributed by atoms with Crippen LogP contribution in [0.2, 0.25) is 0 Å². The SMILES string of the molecule is C/C(=N\N)c1ccc(-c2ccccc2)cc1. The van der Waals surface area contributed by atoms with Crippen LogP contribution in [0.3, 0.4) is 0 Å². The van der Waals surface area contributed by atoms with Crippen molar-refractivity contribution in [2.75, 3.05) is 0 Å². The van der Waals surface area contributed by atoms with Gasteiger partial charge in [-0.15, -0.1) is 0 Å². The lowest BCUT2D eigenvalue weighted by Crippen LogP contribution is -1.98. The predicted octanol–water partition coefficient (Wildman–Crippen LogP) is 3.04. The summed E-state index contributed by atoms with van der Waals surface area (Å²) in [5.74, 6) is 5.24. The number of nitrogens with zero attached hydrogens (tertiary/aromatic N) is 1. The minimum absolute atomic E-state index is 0.847. The Morgan fingerprint density at radius 2 is 1.44 bits per heavy atom. The molecule has 0 fully saturated rings. The molecule has 0 bridgehead atoms. The average Bonchev–Trinajstić information content (AvgIpc) is 2.39. The second kappa shape index (κ2) is 4.62. The molecule has 0 unspecified atom stereocenters. The molecule has 16 heavy (non-hydrogen) atoms. The summed E-state index contributed by atoms with van der Waals surface area (Å²) in [6.07, 6.45) is 0. The van der Waals surface area contributed by atoms with Crippen LogP contribution in [-0.2, 0) is 0 Å². The molecule has 2 heteroatoms. The van der Waals surface area contributed by atoms with Crippen molar-refractivity contribution in [1.82, 2.24) is 0 Å². The fourth-order valence-corrected chi connectivity index (χ4v) is 1.61. The van der Waals surface area contributed by atoms with Gasteiger partial charge in [-0.1, -0.05) is 54.6 Å². The number of hydrogen-bond donors (Lipinski definition) is 1. The van der Waals surface area contributed by atoms with E-state index >= 15 is 0 Å². The Labute approximate surface area is 95.4 Å². The maximum atomic E-state index is 5.24. The molecule has 0 heterocycles. The highest BCUT2D eigenvalue weighted by molar-refractivity contribution is 5.98. The van der Waals surface area contributed by atoms with E-state index in [2.05, 4.69) is 29.4 Å². The third-order valence-corrected chi connectivity index (χ3v) is 2.60. The Bertz CT molecular complexity index is 484. The first-order chi connectivity index (χ1) is 7.81. The van der Waals surface area contributed by atoms with Crippen LogP contribution >= 0.6 is 0 Å². The van der Waals surface area contributed by atoms with Crippen molar-refractivity contribution in [3.8, 4) is 11.1 Å². The van der Waals surface area contributed by atoms with Gasteiger partial charge in [-0.25, -0.2) is 0 Å². The zero-order valence-corrected chi connectivity index (χ0v) is 9.22. The largest absolute Gasteiger partial charge is 0.323 e. The molecule has 0 spiro atoms. The van der Waals surface area contributed by atoms with E-state index in [9.17, 15) is 0 Å². The fraction of sp³-hybridized carbons (Fsp3) is 0.0714. The Morgan fingerprint density at radius 3 is 2.00 bits per heavy atom. The Balaban J connectivity index is 2.34. The number of rotatable bonds is 2. The minimum atomic E-state index is 0.847. The predicted molar refractivity (Wildman–Crippen MR) is 68.3 cm³/mol. The van der Waals surface area contributed by atoms with E-state index in [4.69, 9.17) is 5.84 Å². The van der Waals surface area contributed by atoms with Gasteiger partial charge in [-0.2, -0.15) is 5.10 Å². The number of benzene rings is 2. The van der Waals surface area contributed by atoms with Gasteiger partial charge in [0.25, 0.3) is 0 Å². The minimum Gasteiger partial charge on any atom is -0.323 e. The van der Waals surface area contributed by atoms with Crippen molar-refractivity contribution in [1.29, 1.82) is 0 Å². The first-order valence-corrected chi connectivity index (χ1v) is 5.21. The lowest BCUT2D eigenvalue weighted by Gasteiger charge is -2.03. The number of nitrogens with two attached hydrogens (primary N) is 1. The average molecular weight is 210 g/mol. The van der Waals surface area contributed by atoms with E-state index in [0.29, 0.717) is 0 Å². The molecule has 2 N–H and O–H groups in total. The Kier molecular flexibility index (Phi) is 3.01. The van der Waals surface area contributed by atoms with E-state index in [1.165, 1.54) is 11.1 Å². The molecule has 0 aliphatic carbocycles. The zero-order valence-electron chi connectivity index (χ0n) is 9.22. The van der Waals surface area contributed by atoms with Crippen LogP contribution < -0.4 is 5.84 Å². The maximum Gasteiger partial charge on any atom is 0.0641 e. The molecule has 2 nitrogen and oxygen atoms in total. The van der Waals surface area contributed by atoms with Gasteiger partial charge in [0, 0.05) is 0 Å². The third-order valence-electron chi connectivity index (χ3n) is 2.60. The molecule has 0 aliphatic rings. The molecule has 2 rings (SSSR count). The first kappa shape index (κ1) is 10.4. The second-order valence-electron chi connectivity index (χ2n) is 3.66. The van der Waals surface area contributed by atoms with Crippen LogP contribution in [-0.4, -0.2) is 5.71 Å². The molecule has 0 atom stereocenters. The highest BCUT2D eigenvalue weighted by Crippen LogP contribution is 2.19. The lowest BCUT2D eigenvalue weighted by atomic mass is 10.0. The summed E-state index contributed by atoms with van der Waals surface area (Å²) >= 11 is 0. The summed E-state index contributed by atoms with van der Waals surface area (Å²) < 4.78 is 0. The van der Waals surface area contributed by atoms with Crippen LogP contribution in [0.15, 0.2) is 59.7 Å². The van der Waals surface area contributed by atoms with Crippen LogP contribution in [0.4, 0.5) is 0 Å². The summed E-state index contributed by atoms with van der Waals surface area (Å²) in [4.78, 5) is 0. The molecule has 0 saturated heterocycles. The fourth-order valence-electron chi connectivity index (χ4n) is 1.61. The van der Waals surface area contributed by atoms with Gasteiger partial charge in [0.2, 0.25) is 0 Å². The van der Waals surface area contributed by atoms with Crippen LogP contribution in [0.5, 0.6) is 0 Å². The van der Waals surface area contributed by atoms with Gasteiger partial charge in [-0.05, 0) is 23.6 Å². The lowest BCUT2D eigenvalue weighted by molar-refractivity contribution is 1.24. The van der Waals surface area contributed by atoms with E-state index in [1.54, 1.807) is 0 Å². The molecule has 0 amide bonds. The molecule has 0 radical (unpaired) electrons. The maximum absolute atomic E-state index is 5.24. The van der Waals surface area contributed by atoms with Crippen molar-refractivity contribution >= 4 is 5.71 Å². The number of hydrazone groups is 1. The van der Waals surface area contributed by atoms with Gasteiger partial charge in [0.15, 0.2) is 0 Å². The monoisotopic (exact) mass is 210 g/mol. The van der Waals surface area contributed by atoms with Crippen LogP contribution in [0, 0.1) is 0 Å². The zero-order chi connectivity index (χ0) is 11.4. The summed E-state index contributed by atoms with van der Waals surface area (Å²) in [6, 6.07) is 18.5. The summed E-state index contributed by atoms with van der Waals surface area (Å²) in [6.45, 7) is 1.90. The molecule has 2 aromatic rings. The highest BCUT2D eigenvalue weighted by atomic mass is 15.1. The topological polar surface area (TPSA) is 38.4 Å². The second-order valence-corrected chi connectivity index (χ2v) is 3.66. The molecular weight excluding hydrogens is 196 g/mol. The number of hydrogen-bond acceptors (Lipinski definition) is 2. The molecule has 0 saturated carbocycles. The molecular formula is C14H14N2. The van der Waals surface area contributed by atoms with Gasteiger partial charge in [0.05, 0.1) is 5.71 Å². The van der Waals surface area contributed by atoms with E-state index < -0.39 is 0 Å². The molecule has 0 aliphatic heterocycles. The molecule has 0 aromatic heterocycles. The summed E-state index contributed by atoms with van der Waals surface area (Å²) in [5, 5.41) is 3.68. The molecule has 2 aromatic carbocycles. The van der Waals surface area contributed by atoms with Crippen LogP contribution in [0.25, 0.3) is 11.1 Å². The van der Waals surface area contributed by atoms with E-state index in [0.717, 1.165) is 11.3 Å². The van der Waals surface area contributed by atoms with Crippen molar-refractivity contribution in [3.05, 3.63) is 60.2 Å². The van der Waals surface area contributed by atoms with Crippen LogP contribution in [0.1, 0.15) is 12.5 Å². The van der Waals surface area contributed by atoms with E-state index in [-0.39, 0.29) is 0 Å². The molecule has 80 valence electrons. The summed E-state index contributed by atoms with van der Waals surface area (Å²) in [7, 11) is 0. The standard InChI is InChI=1S/C14H14N2/c1-11(16-15)12-7-9-14(10-8-12)13-5-3-2-4-6-13/h2-10H,15H2,1H3/b16-11+. The van der Waals surface area contributed by atoms with Gasteiger partial charge in [0.1, 0.15) is 0 Å². The summed E-state index contributed by atoms with van der Waals surface area (Å²) in [5.41, 5.74) is 4.33. The highest BCUT2D eigenvalue weighted by Gasteiger charge is 1.99. The van der Waals surface area contributed by atoms with Crippen molar-refractivity contribution in [3.63, 3.8) is 0 Å². The normalized spacial score (nSPS) is 11.4. The van der Waals surface area contributed by atoms with Crippen molar-refractivity contribution < 1.29 is 0 Å². The quantitative estimate of drug-likeness (QED) is 0.462. The van der Waals surface area contributed by atoms with Gasteiger partial charge >= 0.3 is 0 Å². The van der Waals surface area contributed by atoms with Crippen molar-refractivity contribution in [2.24, 2.45) is 10.9 Å². The third kappa shape index (κ3) is 2.11. The Hall–Kier alpha value is -2.09. The Morgan fingerprint density at radius 1 is 0.875 bits per heavy atom. The van der Waals surface area contributed by atoms with E-state index in [1.807, 2.05) is 37.3 Å². The smallest absolute Gasteiger partial charge is 0.0641 e.